The maximum absolute atomic E-state index is 5.37. The number of hydrogen-bond acceptors (Lipinski definition) is 3. The van der Waals surface area contributed by atoms with Gasteiger partial charge in [0.1, 0.15) is 0 Å². The first-order valence-electron chi connectivity index (χ1n) is 5.19. The summed E-state index contributed by atoms with van der Waals surface area (Å²) in [6.45, 7) is 6.79. The molecule has 4 nitrogen and oxygen atoms in total. The Bertz CT molecular complexity index is 302. The Labute approximate surface area is 84.0 Å². The van der Waals surface area contributed by atoms with Gasteiger partial charge in [-0.05, 0) is 20.3 Å². The Hall–Kier alpha value is -1.03. The third kappa shape index (κ3) is 1.62. The van der Waals surface area contributed by atoms with Crippen molar-refractivity contribution in [2.75, 3.05) is 25.1 Å². The lowest BCUT2D eigenvalue weighted by Gasteiger charge is -2.06. The highest BCUT2D eigenvalue weighted by molar-refractivity contribution is 5.46. The molecule has 1 atom stereocenters. The fourth-order valence-corrected chi connectivity index (χ4v) is 1.91. The lowest BCUT2D eigenvalue weighted by Crippen LogP contribution is -2.01. The number of aromatic nitrogens is 2. The number of H-pyrrole nitrogens is 1. The normalized spacial score (nSPS) is 21.4. The first-order valence-corrected chi connectivity index (χ1v) is 5.19. The van der Waals surface area contributed by atoms with E-state index in [9.17, 15) is 0 Å². The van der Waals surface area contributed by atoms with Crippen LogP contribution >= 0.6 is 0 Å². The minimum atomic E-state index is 0.509. The van der Waals surface area contributed by atoms with Gasteiger partial charge in [0.05, 0.1) is 6.61 Å². The van der Waals surface area contributed by atoms with Crippen LogP contribution in [0.25, 0.3) is 0 Å². The van der Waals surface area contributed by atoms with Gasteiger partial charge in [0.2, 0.25) is 0 Å². The molecular formula is C10H17N3O. The highest BCUT2D eigenvalue weighted by Crippen LogP contribution is 2.28. The van der Waals surface area contributed by atoms with Crippen LogP contribution in [0.1, 0.15) is 30.5 Å². The molecule has 2 rings (SSSR count). The smallest absolute Gasteiger partial charge is 0.150 e. The molecule has 4 heteroatoms. The molecule has 0 aliphatic carbocycles. The van der Waals surface area contributed by atoms with Crippen molar-refractivity contribution in [1.29, 1.82) is 0 Å². The summed E-state index contributed by atoms with van der Waals surface area (Å²) in [5.74, 6) is 1.49. The zero-order valence-corrected chi connectivity index (χ0v) is 8.76. The zero-order chi connectivity index (χ0) is 9.97. The van der Waals surface area contributed by atoms with E-state index in [4.69, 9.17) is 4.74 Å². The highest BCUT2D eigenvalue weighted by atomic mass is 16.5. The Morgan fingerprint density at radius 3 is 3.14 bits per heavy atom. The topological polar surface area (TPSA) is 49.9 Å². The van der Waals surface area contributed by atoms with Gasteiger partial charge in [-0.25, -0.2) is 0 Å². The average molecular weight is 195 g/mol. The molecule has 78 valence electrons. The summed E-state index contributed by atoms with van der Waals surface area (Å²) in [6, 6.07) is 0. The summed E-state index contributed by atoms with van der Waals surface area (Å²) in [5.41, 5.74) is 2.47. The van der Waals surface area contributed by atoms with Crippen molar-refractivity contribution in [3.05, 3.63) is 11.3 Å². The van der Waals surface area contributed by atoms with Crippen molar-refractivity contribution in [1.82, 2.24) is 10.2 Å². The number of nitrogens with zero attached hydrogens (tertiary/aromatic N) is 1. The molecule has 2 N–H and O–H groups in total. The highest BCUT2D eigenvalue weighted by Gasteiger charge is 2.22. The molecule has 0 saturated carbocycles. The van der Waals surface area contributed by atoms with E-state index in [1.165, 1.54) is 11.3 Å². The van der Waals surface area contributed by atoms with Crippen molar-refractivity contribution in [2.24, 2.45) is 0 Å². The summed E-state index contributed by atoms with van der Waals surface area (Å²) >= 11 is 0. The number of aromatic amines is 1. The predicted molar refractivity (Wildman–Crippen MR) is 55.7 cm³/mol. The lowest BCUT2D eigenvalue weighted by atomic mass is 10.0. The number of anilines is 1. The molecule has 1 aromatic rings. The second-order valence-corrected chi connectivity index (χ2v) is 3.70. The second-order valence-electron chi connectivity index (χ2n) is 3.70. The molecule has 1 aromatic heterocycles. The Kier molecular flexibility index (Phi) is 2.72. The van der Waals surface area contributed by atoms with Crippen LogP contribution in [-0.4, -0.2) is 30.0 Å². The molecule has 2 heterocycles. The number of ether oxygens (including phenoxy) is 1. The third-order valence-corrected chi connectivity index (χ3v) is 2.73. The number of hydrogen-bond donors (Lipinski definition) is 2. The predicted octanol–water partition coefficient (Wildman–Crippen LogP) is 1.65. The fraction of sp³-hybridized carbons (Fsp3) is 0.700. The van der Waals surface area contributed by atoms with E-state index >= 15 is 0 Å². The minimum absolute atomic E-state index is 0.509. The summed E-state index contributed by atoms with van der Waals surface area (Å²) in [4.78, 5) is 0. The monoisotopic (exact) mass is 195 g/mol. The van der Waals surface area contributed by atoms with Crippen molar-refractivity contribution >= 4 is 5.82 Å². The van der Waals surface area contributed by atoms with Gasteiger partial charge in [-0.2, -0.15) is 5.10 Å². The molecule has 0 amide bonds. The average Bonchev–Trinajstić information content (AvgIpc) is 2.77. The number of nitrogens with one attached hydrogen (secondary N) is 2. The van der Waals surface area contributed by atoms with Crippen LogP contribution in [0.5, 0.6) is 0 Å². The van der Waals surface area contributed by atoms with Gasteiger partial charge in [0, 0.05) is 30.3 Å². The molecule has 0 bridgehead atoms. The number of rotatable bonds is 3. The molecule has 14 heavy (non-hydrogen) atoms. The van der Waals surface area contributed by atoms with Gasteiger partial charge in [0.15, 0.2) is 5.82 Å². The van der Waals surface area contributed by atoms with Gasteiger partial charge >= 0.3 is 0 Å². The van der Waals surface area contributed by atoms with Crippen LogP contribution in [-0.2, 0) is 4.74 Å². The van der Waals surface area contributed by atoms with E-state index in [1.54, 1.807) is 0 Å². The van der Waals surface area contributed by atoms with E-state index in [0.717, 1.165) is 32.0 Å². The van der Waals surface area contributed by atoms with Gasteiger partial charge < -0.3 is 10.1 Å². The van der Waals surface area contributed by atoms with Crippen molar-refractivity contribution in [2.45, 2.75) is 26.2 Å². The largest absolute Gasteiger partial charge is 0.381 e. The van der Waals surface area contributed by atoms with Crippen molar-refractivity contribution in [3.63, 3.8) is 0 Å². The SMILES string of the molecule is CCNc1n[nH]c(C2CCOC2)c1C. The van der Waals surface area contributed by atoms with E-state index in [2.05, 4.69) is 29.4 Å². The quantitative estimate of drug-likeness (QED) is 0.771. The summed E-state index contributed by atoms with van der Waals surface area (Å²) in [5, 5.41) is 10.6. The summed E-state index contributed by atoms with van der Waals surface area (Å²) in [7, 11) is 0. The van der Waals surface area contributed by atoms with Crippen LogP contribution in [0.3, 0.4) is 0 Å². The zero-order valence-electron chi connectivity index (χ0n) is 8.76. The maximum Gasteiger partial charge on any atom is 0.150 e. The van der Waals surface area contributed by atoms with Crippen LogP contribution in [0.4, 0.5) is 5.82 Å². The molecular weight excluding hydrogens is 178 g/mol. The molecule has 1 saturated heterocycles. The van der Waals surface area contributed by atoms with Crippen LogP contribution in [0.2, 0.25) is 0 Å². The first-order chi connectivity index (χ1) is 6.83. The van der Waals surface area contributed by atoms with Gasteiger partial charge in [-0.15, -0.1) is 0 Å². The van der Waals surface area contributed by atoms with Gasteiger partial charge in [0.25, 0.3) is 0 Å². The maximum atomic E-state index is 5.37. The van der Waals surface area contributed by atoms with Gasteiger partial charge in [-0.1, -0.05) is 0 Å². The van der Waals surface area contributed by atoms with E-state index in [0.29, 0.717) is 5.92 Å². The van der Waals surface area contributed by atoms with E-state index in [-0.39, 0.29) is 0 Å². The third-order valence-electron chi connectivity index (χ3n) is 2.73. The summed E-state index contributed by atoms with van der Waals surface area (Å²) in [6.07, 6.45) is 1.11. The van der Waals surface area contributed by atoms with Crippen LogP contribution in [0, 0.1) is 6.92 Å². The minimum Gasteiger partial charge on any atom is -0.381 e. The van der Waals surface area contributed by atoms with Crippen molar-refractivity contribution < 1.29 is 4.74 Å². The molecule has 0 aromatic carbocycles. The lowest BCUT2D eigenvalue weighted by molar-refractivity contribution is 0.193. The summed E-state index contributed by atoms with van der Waals surface area (Å²) < 4.78 is 5.37. The standard InChI is InChI=1S/C10H17N3O/c1-3-11-10-7(2)9(12-13-10)8-4-5-14-6-8/h8H,3-6H2,1-2H3,(H2,11,12,13). The molecule has 0 spiro atoms. The second kappa shape index (κ2) is 4.00. The fourth-order valence-electron chi connectivity index (χ4n) is 1.91. The van der Waals surface area contributed by atoms with Crippen LogP contribution in [0.15, 0.2) is 0 Å². The Morgan fingerprint density at radius 2 is 2.50 bits per heavy atom. The molecule has 1 aliphatic heterocycles. The molecule has 1 aliphatic rings. The van der Waals surface area contributed by atoms with Crippen LogP contribution < -0.4 is 5.32 Å². The van der Waals surface area contributed by atoms with E-state index < -0.39 is 0 Å². The van der Waals surface area contributed by atoms with Gasteiger partial charge in [-0.3, -0.25) is 5.10 Å². The van der Waals surface area contributed by atoms with E-state index in [1.807, 2.05) is 0 Å². The van der Waals surface area contributed by atoms with Crippen molar-refractivity contribution in [3.8, 4) is 0 Å². The molecule has 1 fully saturated rings. The molecule has 1 unspecified atom stereocenters. The first kappa shape index (κ1) is 9.52. The Balaban J connectivity index is 2.17. The molecule has 0 radical (unpaired) electrons. The Morgan fingerprint density at radius 1 is 1.64 bits per heavy atom.